The fourth-order valence-corrected chi connectivity index (χ4v) is 3.06. The van der Waals surface area contributed by atoms with Gasteiger partial charge in [-0.05, 0) is 43.0 Å². The number of benzene rings is 1. The van der Waals surface area contributed by atoms with E-state index >= 15 is 0 Å². The lowest BCUT2D eigenvalue weighted by molar-refractivity contribution is 0.537. The minimum absolute atomic E-state index is 0.501. The van der Waals surface area contributed by atoms with Crippen molar-refractivity contribution in [2.24, 2.45) is 5.92 Å². The van der Waals surface area contributed by atoms with Gasteiger partial charge in [0.1, 0.15) is 0 Å². The van der Waals surface area contributed by atoms with Gasteiger partial charge in [-0.3, -0.25) is 0 Å². The molecule has 1 aromatic rings. The zero-order valence-electron chi connectivity index (χ0n) is 12.7. The molecule has 2 rings (SSSR count). The van der Waals surface area contributed by atoms with Crippen LogP contribution < -0.4 is 10.2 Å². The Balaban J connectivity index is 2.02. The molecule has 0 bridgehead atoms. The van der Waals surface area contributed by atoms with E-state index in [1.165, 1.54) is 37.2 Å². The molecule has 2 heteroatoms. The molecule has 0 aromatic heterocycles. The minimum Gasteiger partial charge on any atom is -0.371 e. The first-order valence-electron chi connectivity index (χ1n) is 7.86. The molecule has 1 N–H and O–H groups in total. The van der Waals surface area contributed by atoms with Crippen molar-refractivity contribution in [2.75, 3.05) is 24.5 Å². The van der Waals surface area contributed by atoms with Gasteiger partial charge in [0.05, 0.1) is 0 Å². The molecule has 19 heavy (non-hydrogen) atoms. The number of anilines is 1. The number of nitrogens with zero attached hydrogens (tertiary/aromatic N) is 1. The summed E-state index contributed by atoms with van der Waals surface area (Å²) in [7, 11) is 0. The van der Waals surface area contributed by atoms with Crippen LogP contribution in [0.2, 0.25) is 0 Å². The van der Waals surface area contributed by atoms with E-state index in [-0.39, 0.29) is 0 Å². The Labute approximate surface area is 118 Å². The zero-order chi connectivity index (χ0) is 13.7. The number of hydrogen-bond acceptors (Lipinski definition) is 2. The Bertz CT molecular complexity index is 371. The summed E-state index contributed by atoms with van der Waals surface area (Å²) >= 11 is 0. The molecule has 1 heterocycles. The molecule has 0 spiro atoms. The summed E-state index contributed by atoms with van der Waals surface area (Å²) in [6.45, 7) is 10.2. The molecule has 1 aliphatic rings. The number of hydrogen-bond donors (Lipinski definition) is 1. The highest BCUT2D eigenvalue weighted by molar-refractivity contribution is 5.49. The number of nitrogens with one attached hydrogen (secondary N) is 1. The summed E-state index contributed by atoms with van der Waals surface area (Å²) in [6, 6.07) is 9.69. The Morgan fingerprint density at radius 1 is 1.21 bits per heavy atom. The second-order valence-corrected chi connectivity index (χ2v) is 5.62. The second kappa shape index (κ2) is 6.95. The lowest BCUT2D eigenvalue weighted by atomic mass is 10.0. The van der Waals surface area contributed by atoms with E-state index in [2.05, 4.69) is 55.3 Å². The van der Waals surface area contributed by atoms with Gasteiger partial charge in [0.2, 0.25) is 0 Å². The van der Waals surface area contributed by atoms with Crippen LogP contribution in [0.5, 0.6) is 0 Å². The standard InChI is InChI=1S/C17H28N2/c1-4-14-11-12-19(13-14)16-9-7-15(8-10-16)17(5-2)18-6-3/h7-10,14,17-18H,4-6,11-13H2,1-3H3. The maximum absolute atomic E-state index is 3.54. The van der Waals surface area contributed by atoms with E-state index in [0.717, 1.165) is 18.9 Å². The van der Waals surface area contributed by atoms with E-state index < -0.39 is 0 Å². The Kier molecular flexibility index (Phi) is 5.26. The molecule has 0 radical (unpaired) electrons. The van der Waals surface area contributed by atoms with Crippen molar-refractivity contribution in [1.82, 2.24) is 5.32 Å². The molecular weight excluding hydrogens is 232 g/mol. The van der Waals surface area contributed by atoms with Crippen LogP contribution in [0, 0.1) is 5.92 Å². The smallest absolute Gasteiger partial charge is 0.0366 e. The van der Waals surface area contributed by atoms with Crippen LogP contribution in [0.3, 0.4) is 0 Å². The van der Waals surface area contributed by atoms with Gasteiger partial charge in [0, 0.05) is 24.8 Å². The highest BCUT2D eigenvalue weighted by Gasteiger charge is 2.21. The Morgan fingerprint density at radius 3 is 2.47 bits per heavy atom. The van der Waals surface area contributed by atoms with Gasteiger partial charge in [0.15, 0.2) is 0 Å². The highest BCUT2D eigenvalue weighted by atomic mass is 15.1. The van der Waals surface area contributed by atoms with Gasteiger partial charge in [-0.15, -0.1) is 0 Å². The van der Waals surface area contributed by atoms with Gasteiger partial charge in [-0.25, -0.2) is 0 Å². The molecule has 1 saturated heterocycles. The van der Waals surface area contributed by atoms with Crippen LogP contribution in [0.25, 0.3) is 0 Å². The summed E-state index contributed by atoms with van der Waals surface area (Å²) in [6.07, 6.45) is 3.81. The molecular formula is C17H28N2. The van der Waals surface area contributed by atoms with Crippen molar-refractivity contribution < 1.29 is 0 Å². The van der Waals surface area contributed by atoms with E-state index in [9.17, 15) is 0 Å². The summed E-state index contributed by atoms with van der Waals surface area (Å²) in [4.78, 5) is 2.53. The third kappa shape index (κ3) is 3.50. The largest absolute Gasteiger partial charge is 0.371 e. The molecule has 0 saturated carbocycles. The molecule has 2 nitrogen and oxygen atoms in total. The van der Waals surface area contributed by atoms with Crippen molar-refractivity contribution in [3.05, 3.63) is 29.8 Å². The van der Waals surface area contributed by atoms with Crippen LogP contribution in [0.15, 0.2) is 24.3 Å². The topological polar surface area (TPSA) is 15.3 Å². The first-order chi connectivity index (χ1) is 9.28. The summed E-state index contributed by atoms with van der Waals surface area (Å²) in [5.74, 6) is 0.893. The van der Waals surface area contributed by atoms with Gasteiger partial charge in [-0.2, -0.15) is 0 Å². The molecule has 1 fully saturated rings. The molecule has 1 aromatic carbocycles. The molecule has 1 aliphatic heterocycles. The van der Waals surface area contributed by atoms with Gasteiger partial charge >= 0.3 is 0 Å². The van der Waals surface area contributed by atoms with E-state index in [1.54, 1.807) is 0 Å². The second-order valence-electron chi connectivity index (χ2n) is 5.62. The Hall–Kier alpha value is -1.02. The van der Waals surface area contributed by atoms with Crippen LogP contribution in [-0.2, 0) is 0 Å². The monoisotopic (exact) mass is 260 g/mol. The number of rotatable bonds is 6. The van der Waals surface area contributed by atoms with Crippen LogP contribution in [0.4, 0.5) is 5.69 Å². The third-order valence-corrected chi connectivity index (χ3v) is 4.38. The van der Waals surface area contributed by atoms with Gasteiger partial charge < -0.3 is 10.2 Å². The maximum atomic E-state index is 3.54. The highest BCUT2D eigenvalue weighted by Crippen LogP contribution is 2.27. The molecule has 106 valence electrons. The quantitative estimate of drug-likeness (QED) is 0.832. The van der Waals surface area contributed by atoms with E-state index in [4.69, 9.17) is 0 Å². The third-order valence-electron chi connectivity index (χ3n) is 4.38. The van der Waals surface area contributed by atoms with Gasteiger partial charge in [0.25, 0.3) is 0 Å². The lowest BCUT2D eigenvalue weighted by Crippen LogP contribution is -2.21. The summed E-state index contributed by atoms with van der Waals surface area (Å²) < 4.78 is 0. The fraction of sp³-hybridized carbons (Fsp3) is 0.647. The van der Waals surface area contributed by atoms with Crippen molar-refractivity contribution in [2.45, 2.75) is 46.1 Å². The van der Waals surface area contributed by atoms with E-state index in [0.29, 0.717) is 6.04 Å². The normalized spacial score (nSPS) is 20.8. The van der Waals surface area contributed by atoms with Crippen LogP contribution in [0.1, 0.15) is 51.6 Å². The molecule has 0 amide bonds. The first kappa shape index (κ1) is 14.4. The summed E-state index contributed by atoms with van der Waals surface area (Å²) in [5.41, 5.74) is 2.81. The van der Waals surface area contributed by atoms with Crippen molar-refractivity contribution in [3.63, 3.8) is 0 Å². The summed E-state index contributed by atoms with van der Waals surface area (Å²) in [5, 5.41) is 3.54. The van der Waals surface area contributed by atoms with E-state index in [1.807, 2.05) is 0 Å². The van der Waals surface area contributed by atoms with Crippen molar-refractivity contribution in [3.8, 4) is 0 Å². The Morgan fingerprint density at radius 2 is 1.95 bits per heavy atom. The first-order valence-corrected chi connectivity index (χ1v) is 7.86. The lowest BCUT2D eigenvalue weighted by Gasteiger charge is -2.21. The predicted octanol–water partition coefficient (Wildman–Crippen LogP) is 3.98. The van der Waals surface area contributed by atoms with Gasteiger partial charge in [-0.1, -0.05) is 39.3 Å². The molecule has 2 atom stereocenters. The molecule has 2 unspecified atom stereocenters. The predicted molar refractivity (Wildman–Crippen MR) is 83.8 cm³/mol. The zero-order valence-corrected chi connectivity index (χ0v) is 12.7. The molecule has 0 aliphatic carbocycles. The average Bonchev–Trinajstić information content (AvgIpc) is 2.94. The average molecular weight is 260 g/mol. The van der Waals surface area contributed by atoms with Crippen LogP contribution >= 0.6 is 0 Å². The maximum Gasteiger partial charge on any atom is 0.0366 e. The van der Waals surface area contributed by atoms with Crippen LogP contribution in [-0.4, -0.2) is 19.6 Å². The minimum atomic E-state index is 0.501. The SMILES string of the molecule is CCNC(CC)c1ccc(N2CCC(CC)C2)cc1. The van der Waals surface area contributed by atoms with Crippen molar-refractivity contribution >= 4 is 5.69 Å². The fourth-order valence-electron chi connectivity index (χ4n) is 3.06. The van der Waals surface area contributed by atoms with Crippen molar-refractivity contribution in [1.29, 1.82) is 0 Å².